The number of ether oxygens (including phenoxy) is 1. The lowest BCUT2D eigenvalue weighted by molar-refractivity contribution is 0.0522. The molecule has 0 amide bonds. The molecule has 0 aliphatic carbocycles. The van der Waals surface area contributed by atoms with Crippen LogP contribution in [-0.2, 0) is 17.6 Å². The first-order valence-electron chi connectivity index (χ1n) is 10.3. The minimum Gasteiger partial charge on any atom is -0.462 e. The average molecular weight is 477 g/mol. The molecule has 0 bridgehead atoms. The van der Waals surface area contributed by atoms with Gasteiger partial charge in [0.2, 0.25) is 0 Å². The number of fused-ring (bicyclic) bond motifs is 1. The van der Waals surface area contributed by atoms with Crippen LogP contribution in [0.2, 0.25) is 30.7 Å². The van der Waals surface area contributed by atoms with Crippen LogP contribution >= 0.6 is 11.6 Å². The highest BCUT2D eigenvalue weighted by Crippen LogP contribution is 2.21. The van der Waals surface area contributed by atoms with Gasteiger partial charge in [0, 0.05) is 33.5 Å². The molecule has 0 fully saturated rings. The quantitative estimate of drug-likeness (QED) is 0.391. The molecule has 0 aliphatic heterocycles. The van der Waals surface area contributed by atoms with Gasteiger partial charge in [-0.3, -0.25) is 9.20 Å². The first kappa shape index (κ1) is 24.1. The molecule has 170 valence electrons. The Kier molecular flexibility index (Phi) is 7.48. The molecule has 3 rings (SSSR count). The van der Waals surface area contributed by atoms with Crippen molar-refractivity contribution in [3.05, 3.63) is 80.1 Å². The second-order valence-corrected chi connectivity index (χ2v) is 14.9. The van der Waals surface area contributed by atoms with Gasteiger partial charge in [-0.2, -0.15) is 0 Å². The van der Waals surface area contributed by atoms with Gasteiger partial charge in [0.1, 0.15) is 17.0 Å². The Morgan fingerprint density at radius 1 is 1.28 bits per heavy atom. The summed E-state index contributed by atoms with van der Waals surface area (Å²) in [6.45, 7) is 6.58. The summed E-state index contributed by atoms with van der Waals surface area (Å²) in [7, 11) is -1.40. The fourth-order valence-corrected chi connectivity index (χ4v) is 4.17. The zero-order valence-corrected chi connectivity index (χ0v) is 20.1. The zero-order chi connectivity index (χ0) is 23.5. The van der Waals surface area contributed by atoms with Crippen LogP contribution in [-0.4, -0.2) is 41.7 Å². The van der Waals surface area contributed by atoms with Crippen molar-refractivity contribution >= 4 is 31.3 Å². The van der Waals surface area contributed by atoms with E-state index in [0.29, 0.717) is 22.3 Å². The Morgan fingerprint density at radius 3 is 2.72 bits per heavy atom. The average Bonchev–Trinajstić information content (AvgIpc) is 2.72. The van der Waals surface area contributed by atoms with E-state index in [2.05, 4.69) is 24.6 Å². The molecule has 0 unspecified atom stereocenters. The van der Waals surface area contributed by atoms with Crippen LogP contribution < -0.4 is 5.56 Å². The number of esters is 1. The second kappa shape index (κ2) is 9.93. The van der Waals surface area contributed by atoms with Crippen LogP contribution in [0.1, 0.15) is 27.0 Å². The topological polar surface area (TPSA) is 80.9 Å². The van der Waals surface area contributed by atoms with Crippen LogP contribution in [0.5, 0.6) is 0 Å². The third-order valence-electron chi connectivity index (χ3n) is 5.04. The second-order valence-electron chi connectivity index (χ2n) is 8.85. The third kappa shape index (κ3) is 5.62. The first-order valence-corrected chi connectivity index (χ1v) is 14.4. The number of hydrogen-bond acceptors (Lipinski definition) is 5. The van der Waals surface area contributed by atoms with Crippen molar-refractivity contribution in [1.29, 1.82) is 0 Å². The van der Waals surface area contributed by atoms with Crippen molar-refractivity contribution in [2.75, 3.05) is 13.2 Å². The summed E-state index contributed by atoms with van der Waals surface area (Å²) in [5.74, 6) is -1.23. The predicted molar refractivity (Wildman–Crippen MR) is 125 cm³/mol. The molecular formula is C23H26ClFN2O4Si. The summed E-state index contributed by atoms with van der Waals surface area (Å²) >= 11 is 5.86. The number of benzene rings is 1. The highest BCUT2D eigenvalue weighted by Gasteiger charge is 2.20. The van der Waals surface area contributed by atoms with Crippen LogP contribution in [0.4, 0.5) is 4.39 Å². The van der Waals surface area contributed by atoms with E-state index < -0.39 is 25.4 Å². The number of pyridine rings is 1. The van der Waals surface area contributed by atoms with E-state index in [1.165, 1.54) is 22.7 Å². The van der Waals surface area contributed by atoms with E-state index in [4.69, 9.17) is 16.3 Å². The molecule has 32 heavy (non-hydrogen) atoms. The van der Waals surface area contributed by atoms with Gasteiger partial charge in [0.25, 0.3) is 5.56 Å². The normalized spacial score (nSPS) is 11.7. The van der Waals surface area contributed by atoms with Crippen molar-refractivity contribution < 1.29 is 19.0 Å². The van der Waals surface area contributed by atoms with Gasteiger partial charge in [-0.25, -0.2) is 14.2 Å². The van der Waals surface area contributed by atoms with Gasteiger partial charge in [-0.15, -0.1) is 0 Å². The molecule has 0 aliphatic rings. The SMILES string of the molecule is C[Si](C)(C)CCOC(=O)c1cc(CCO)c2ncc(Cc3cccc(Cl)c3F)cn2c1=O. The van der Waals surface area contributed by atoms with Gasteiger partial charge >= 0.3 is 5.97 Å². The van der Waals surface area contributed by atoms with E-state index in [0.717, 1.165) is 6.04 Å². The fourth-order valence-electron chi connectivity index (χ4n) is 3.26. The lowest BCUT2D eigenvalue weighted by Gasteiger charge is -2.15. The number of nitrogens with zero attached hydrogens (tertiary/aromatic N) is 2. The van der Waals surface area contributed by atoms with E-state index in [9.17, 15) is 19.1 Å². The standard InChI is InChI=1S/C23H26ClFN2O4Si/c1-32(2,3)10-9-31-23(30)18-12-17(7-8-28)21-26-13-15(14-27(21)22(18)29)11-16-5-4-6-19(24)20(16)25/h4-6,12-14,28H,7-11H2,1-3H3. The Bertz CT molecular complexity index is 1210. The molecule has 1 N–H and O–H groups in total. The molecule has 0 saturated carbocycles. The number of aliphatic hydroxyl groups excluding tert-OH is 1. The maximum absolute atomic E-state index is 14.3. The maximum Gasteiger partial charge on any atom is 0.343 e. The number of hydrogen-bond donors (Lipinski definition) is 1. The summed E-state index contributed by atoms with van der Waals surface area (Å²) in [5, 5.41) is 9.45. The van der Waals surface area contributed by atoms with Crippen LogP contribution in [0.15, 0.2) is 41.5 Å². The molecule has 0 radical (unpaired) electrons. The number of halogens is 2. The van der Waals surface area contributed by atoms with Crippen molar-refractivity contribution in [2.24, 2.45) is 0 Å². The predicted octanol–water partition coefficient (Wildman–Crippen LogP) is 4.11. The summed E-state index contributed by atoms with van der Waals surface area (Å²) < 4.78 is 20.9. The molecule has 0 spiro atoms. The van der Waals surface area contributed by atoms with Gasteiger partial charge in [-0.1, -0.05) is 43.4 Å². The molecular weight excluding hydrogens is 451 g/mol. The van der Waals surface area contributed by atoms with E-state index in [1.807, 2.05) is 0 Å². The Balaban J connectivity index is 2.00. The summed E-state index contributed by atoms with van der Waals surface area (Å²) in [6, 6.07) is 6.94. The number of carbonyl (C=O) groups excluding carboxylic acids is 1. The number of aromatic nitrogens is 2. The van der Waals surface area contributed by atoms with Gasteiger partial charge in [0.05, 0.1) is 11.6 Å². The van der Waals surface area contributed by atoms with E-state index in [-0.39, 0.29) is 36.6 Å². The highest BCUT2D eigenvalue weighted by atomic mass is 35.5. The van der Waals surface area contributed by atoms with Crippen LogP contribution in [0.25, 0.3) is 5.65 Å². The zero-order valence-electron chi connectivity index (χ0n) is 18.3. The van der Waals surface area contributed by atoms with Crippen molar-refractivity contribution in [2.45, 2.75) is 38.5 Å². The highest BCUT2D eigenvalue weighted by molar-refractivity contribution is 6.76. The Morgan fingerprint density at radius 2 is 2.03 bits per heavy atom. The Labute approximate surface area is 191 Å². The first-order chi connectivity index (χ1) is 15.1. The monoisotopic (exact) mass is 476 g/mol. The minimum absolute atomic E-state index is 0.0157. The molecule has 1 aromatic carbocycles. The van der Waals surface area contributed by atoms with Gasteiger partial charge in [-0.05, 0) is 41.3 Å². The lowest BCUT2D eigenvalue weighted by Crippen LogP contribution is -2.27. The maximum atomic E-state index is 14.3. The number of rotatable bonds is 8. The molecule has 0 atom stereocenters. The minimum atomic E-state index is -1.40. The number of carbonyl (C=O) groups is 1. The van der Waals surface area contributed by atoms with E-state index in [1.54, 1.807) is 18.3 Å². The summed E-state index contributed by atoms with van der Waals surface area (Å²) in [5.41, 5.74) is 1.13. The van der Waals surface area contributed by atoms with Crippen molar-refractivity contribution in [3.8, 4) is 0 Å². The van der Waals surface area contributed by atoms with Gasteiger partial charge < -0.3 is 9.84 Å². The van der Waals surface area contributed by atoms with Crippen LogP contribution in [0.3, 0.4) is 0 Å². The number of aliphatic hydroxyl groups is 1. The van der Waals surface area contributed by atoms with Gasteiger partial charge in [0.15, 0.2) is 0 Å². The third-order valence-corrected chi connectivity index (χ3v) is 7.04. The molecule has 0 saturated heterocycles. The molecule has 2 aromatic heterocycles. The fraction of sp³-hybridized carbons (Fsp3) is 0.348. The largest absolute Gasteiger partial charge is 0.462 e. The van der Waals surface area contributed by atoms with E-state index >= 15 is 0 Å². The molecule has 3 aromatic rings. The molecule has 2 heterocycles. The van der Waals surface area contributed by atoms with Crippen molar-refractivity contribution in [1.82, 2.24) is 9.38 Å². The molecule has 9 heteroatoms. The van der Waals surface area contributed by atoms with Crippen LogP contribution in [0, 0.1) is 5.82 Å². The molecule has 6 nitrogen and oxygen atoms in total. The smallest absolute Gasteiger partial charge is 0.343 e. The van der Waals surface area contributed by atoms with Crippen molar-refractivity contribution in [3.63, 3.8) is 0 Å². The summed E-state index contributed by atoms with van der Waals surface area (Å²) in [6.07, 6.45) is 3.46. The lowest BCUT2D eigenvalue weighted by atomic mass is 10.1. The summed E-state index contributed by atoms with van der Waals surface area (Å²) in [4.78, 5) is 30.1. The Hall–Kier alpha value is -2.55.